The molecule has 0 aliphatic carbocycles. The van der Waals surface area contributed by atoms with Crippen molar-refractivity contribution in [2.24, 2.45) is 0 Å². The maximum Gasteiger partial charge on any atom is 0.242 e. The summed E-state index contributed by atoms with van der Waals surface area (Å²) < 4.78 is 0. The van der Waals surface area contributed by atoms with Gasteiger partial charge in [-0.2, -0.15) is 0 Å². The maximum absolute atomic E-state index is 12.0. The van der Waals surface area contributed by atoms with Gasteiger partial charge in [-0.25, -0.2) is 0 Å². The second kappa shape index (κ2) is 7.05. The lowest BCUT2D eigenvalue weighted by Gasteiger charge is -2.23. The van der Waals surface area contributed by atoms with E-state index < -0.39 is 0 Å². The van der Waals surface area contributed by atoms with Gasteiger partial charge in [0.2, 0.25) is 11.8 Å². The number of likely N-dealkylation sites (N-methyl/N-ethyl adjacent to an activating group) is 1. The number of hydrogen-bond donors (Lipinski definition) is 2. The van der Waals surface area contributed by atoms with Crippen LogP contribution in [0, 0.1) is 0 Å². The van der Waals surface area contributed by atoms with Crippen molar-refractivity contribution in [1.29, 1.82) is 0 Å². The van der Waals surface area contributed by atoms with Crippen LogP contribution in [0.4, 0.5) is 0 Å². The van der Waals surface area contributed by atoms with Crippen LogP contribution in [-0.2, 0) is 16.0 Å². The molecule has 5 heteroatoms. The molecular weight excluding hydrogens is 254 g/mol. The SMILES string of the molecule is CN(C(=O)CNC(=O)Cc1ccccc1)C1CCNC1. The van der Waals surface area contributed by atoms with Crippen molar-refractivity contribution in [3.05, 3.63) is 35.9 Å². The molecule has 1 aromatic carbocycles. The number of rotatable bonds is 5. The minimum Gasteiger partial charge on any atom is -0.347 e. The first-order chi connectivity index (χ1) is 9.66. The molecule has 0 radical (unpaired) electrons. The number of nitrogens with zero attached hydrogens (tertiary/aromatic N) is 1. The van der Waals surface area contributed by atoms with Gasteiger partial charge in [0.05, 0.1) is 13.0 Å². The Balaban J connectivity index is 1.74. The molecule has 1 unspecified atom stereocenters. The Morgan fingerprint density at radius 3 is 2.75 bits per heavy atom. The quantitative estimate of drug-likeness (QED) is 0.805. The van der Waals surface area contributed by atoms with Crippen LogP contribution in [0.1, 0.15) is 12.0 Å². The Bertz CT molecular complexity index is 455. The highest BCUT2D eigenvalue weighted by molar-refractivity contribution is 5.85. The average molecular weight is 275 g/mol. The molecule has 0 spiro atoms. The van der Waals surface area contributed by atoms with Gasteiger partial charge in [0.15, 0.2) is 0 Å². The first kappa shape index (κ1) is 14.5. The van der Waals surface area contributed by atoms with Gasteiger partial charge < -0.3 is 15.5 Å². The molecule has 1 fully saturated rings. The molecule has 20 heavy (non-hydrogen) atoms. The highest BCUT2D eigenvalue weighted by atomic mass is 16.2. The smallest absolute Gasteiger partial charge is 0.242 e. The number of nitrogens with one attached hydrogen (secondary N) is 2. The lowest BCUT2D eigenvalue weighted by atomic mass is 10.1. The summed E-state index contributed by atoms with van der Waals surface area (Å²) in [5, 5.41) is 5.91. The zero-order valence-corrected chi connectivity index (χ0v) is 11.8. The van der Waals surface area contributed by atoms with Crippen LogP contribution in [0.3, 0.4) is 0 Å². The third-order valence-electron chi connectivity index (χ3n) is 3.62. The van der Waals surface area contributed by atoms with Crippen LogP contribution in [0.2, 0.25) is 0 Å². The van der Waals surface area contributed by atoms with Crippen LogP contribution in [0.5, 0.6) is 0 Å². The molecule has 1 atom stereocenters. The van der Waals surface area contributed by atoms with Crippen molar-refractivity contribution in [3.63, 3.8) is 0 Å². The maximum atomic E-state index is 12.0. The van der Waals surface area contributed by atoms with Gasteiger partial charge in [-0.1, -0.05) is 30.3 Å². The first-order valence-electron chi connectivity index (χ1n) is 6.94. The van der Waals surface area contributed by atoms with Crippen molar-refractivity contribution in [2.75, 3.05) is 26.7 Å². The summed E-state index contributed by atoms with van der Waals surface area (Å²) in [5.74, 6) is -0.164. The molecule has 5 nitrogen and oxygen atoms in total. The van der Waals surface area contributed by atoms with Gasteiger partial charge in [-0.15, -0.1) is 0 Å². The van der Waals surface area contributed by atoms with Gasteiger partial charge in [0.25, 0.3) is 0 Å². The molecule has 108 valence electrons. The highest BCUT2D eigenvalue weighted by Gasteiger charge is 2.23. The summed E-state index contributed by atoms with van der Waals surface area (Å²) in [5.41, 5.74) is 0.950. The van der Waals surface area contributed by atoms with E-state index in [1.54, 1.807) is 11.9 Å². The van der Waals surface area contributed by atoms with Crippen molar-refractivity contribution >= 4 is 11.8 Å². The summed E-state index contributed by atoms with van der Waals surface area (Å²) in [4.78, 5) is 25.5. The Morgan fingerprint density at radius 1 is 1.35 bits per heavy atom. The van der Waals surface area contributed by atoms with Crippen molar-refractivity contribution in [2.45, 2.75) is 18.9 Å². The summed E-state index contributed by atoms with van der Waals surface area (Å²) in [6.07, 6.45) is 1.28. The van der Waals surface area contributed by atoms with E-state index >= 15 is 0 Å². The third-order valence-corrected chi connectivity index (χ3v) is 3.62. The third kappa shape index (κ3) is 4.06. The fourth-order valence-corrected chi connectivity index (χ4v) is 2.32. The molecule has 1 heterocycles. The molecule has 2 amide bonds. The Kier molecular flexibility index (Phi) is 5.12. The van der Waals surface area contributed by atoms with Crippen LogP contribution < -0.4 is 10.6 Å². The summed E-state index contributed by atoms with van der Waals surface area (Å²) >= 11 is 0. The lowest BCUT2D eigenvalue weighted by Crippen LogP contribution is -2.44. The van der Waals surface area contributed by atoms with Gasteiger partial charge in [0.1, 0.15) is 0 Å². The van der Waals surface area contributed by atoms with E-state index in [4.69, 9.17) is 0 Å². The van der Waals surface area contributed by atoms with Crippen molar-refractivity contribution in [3.8, 4) is 0 Å². The van der Waals surface area contributed by atoms with E-state index in [1.165, 1.54) is 0 Å². The number of carbonyl (C=O) groups excluding carboxylic acids is 2. The van der Waals surface area contributed by atoms with E-state index in [0.29, 0.717) is 6.42 Å². The topological polar surface area (TPSA) is 61.4 Å². The summed E-state index contributed by atoms with van der Waals surface area (Å²) in [7, 11) is 1.79. The molecule has 1 aliphatic rings. The lowest BCUT2D eigenvalue weighted by molar-refractivity contribution is -0.133. The summed E-state index contributed by atoms with van der Waals surface area (Å²) in [6.45, 7) is 1.85. The second-order valence-electron chi connectivity index (χ2n) is 5.09. The number of hydrogen-bond acceptors (Lipinski definition) is 3. The van der Waals surface area contributed by atoms with Gasteiger partial charge in [-0.3, -0.25) is 9.59 Å². The molecule has 2 rings (SSSR count). The van der Waals surface area contributed by atoms with E-state index in [2.05, 4.69) is 10.6 Å². The van der Waals surface area contributed by atoms with Gasteiger partial charge in [-0.05, 0) is 18.5 Å². The molecule has 0 aromatic heterocycles. The predicted octanol–water partition coefficient (Wildman–Crippen LogP) is 0.166. The Morgan fingerprint density at radius 2 is 2.10 bits per heavy atom. The van der Waals surface area contributed by atoms with E-state index in [-0.39, 0.29) is 24.4 Å². The monoisotopic (exact) mass is 275 g/mol. The predicted molar refractivity (Wildman–Crippen MR) is 77.2 cm³/mol. The zero-order chi connectivity index (χ0) is 14.4. The molecule has 1 aromatic rings. The average Bonchev–Trinajstić information content (AvgIpc) is 2.99. The van der Waals surface area contributed by atoms with E-state index in [1.807, 2.05) is 30.3 Å². The van der Waals surface area contributed by atoms with Crippen LogP contribution in [-0.4, -0.2) is 49.4 Å². The van der Waals surface area contributed by atoms with Crippen LogP contribution >= 0.6 is 0 Å². The van der Waals surface area contributed by atoms with Crippen molar-refractivity contribution in [1.82, 2.24) is 15.5 Å². The van der Waals surface area contributed by atoms with Crippen LogP contribution in [0.15, 0.2) is 30.3 Å². The second-order valence-corrected chi connectivity index (χ2v) is 5.09. The van der Waals surface area contributed by atoms with Gasteiger partial charge >= 0.3 is 0 Å². The standard InChI is InChI=1S/C15H21N3O2/c1-18(13-7-8-16-10-13)15(20)11-17-14(19)9-12-5-3-2-4-6-12/h2-6,13,16H,7-11H2,1H3,(H,17,19). The Labute approximate surface area is 119 Å². The molecule has 0 saturated carbocycles. The molecule has 1 aliphatic heterocycles. The molecule has 2 N–H and O–H groups in total. The Hall–Kier alpha value is -1.88. The van der Waals surface area contributed by atoms with Crippen LogP contribution in [0.25, 0.3) is 0 Å². The fraction of sp³-hybridized carbons (Fsp3) is 0.467. The highest BCUT2D eigenvalue weighted by Crippen LogP contribution is 2.06. The fourth-order valence-electron chi connectivity index (χ4n) is 2.32. The number of carbonyl (C=O) groups is 2. The van der Waals surface area contributed by atoms with Gasteiger partial charge in [0, 0.05) is 19.6 Å². The number of benzene rings is 1. The summed E-state index contributed by atoms with van der Waals surface area (Å²) in [6, 6.07) is 9.75. The first-order valence-corrected chi connectivity index (χ1v) is 6.94. The minimum atomic E-state index is -0.123. The number of amides is 2. The minimum absolute atomic E-state index is 0.0416. The molecule has 0 bridgehead atoms. The zero-order valence-electron chi connectivity index (χ0n) is 11.8. The molecular formula is C15H21N3O2. The molecule has 1 saturated heterocycles. The normalized spacial score (nSPS) is 17.8. The van der Waals surface area contributed by atoms with E-state index in [0.717, 1.165) is 25.1 Å². The largest absolute Gasteiger partial charge is 0.347 e. The van der Waals surface area contributed by atoms with E-state index in [9.17, 15) is 9.59 Å². The van der Waals surface area contributed by atoms with Crippen molar-refractivity contribution < 1.29 is 9.59 Å².